The predicted octanol–water partition coefficient (Wildman–Crippen LogP) is 1.81. The maximum absolute atomic E-state index is 8.06. The highest BCUT2D eigenvalue weighted by Crippen LogP contribution is 1.85. The van der Waals surface area contributed by atoms with Crippen molar-refractivity contribution in [3.63, 3.8) is 0 Å². The van der Waals surface area contributed by atoms with Crippen LogP contribution in [0.15, 0.2) is 5.11 Å². The largest absolute Gasteiger partial charge is 0.379 e. The van der Waals surface area contributed by atoms with Crippen LogP contribution in [-0.2, 0) is 28.4 Å². The molecule has 0 aromatic carbocycles. The minimum atomic E-state index is 0.345. The summed E-state index contributed by atoms with van der Waals surface area (Å²) in [6.45, 7) is 9.06. The van der Waals surface area contributed by atoms with Gasteiger partial charge in [-0.15, -0.1) is 0 Å². The van der Waals surface area contributed by atoms with Gasteiger partial charge in [0.2, 0.25) is 0 Å². The van der Waals surface area contributed by atoms with Gasteiger partial charge >= 0.3 is 0 Å². The summed E-state index contributed by atoms with van der Waals surface area (Å²) >= 11 is 0. The number of nitrogens with zero attached hydrogens (tertiary/aromatic N) is 3. The Kier molecular flexibility index (Phi) is 21.2. The molecule has 0 fully saturated rings. The lowest BCUT2D eigenvalue weighted by Gasteiger charge is -2.08. The van der Waals surface area contributed by atoms with Gasteiger partial charge in [-0.3, -0.25) is 0 Å². The third kappa shape index (κ3) is 21.1. The van der Waals surface area contributed by atoms with E-state index in [1.807, 2.05) is 0 Å². The molecule has 0 N–H and O–H groups in total. The van der Waals surface area contributed by atoms with E-state index >= 15 is 0 Å². The van der Waals surface area contributed by atoms with E-state index in [2.05, 4.69) is 16.9 Å². The summed E-state index contributed by atoms with van der Waals surface area (Å²) in [6.07, 6.45) is 1.03. The molecule has 0 aliphatic carbocycles. The molecule has 0 amide bonds. The normalized spacial score (nSPS) is 10.7. The number of ether oxygens (including phenoxy) is 6. The van der Waals surface area contributed by atoms with E-state index in [9.17, 15) is 0 Å². The highest BCUT2D eigenvalue weighted by molar-refractivity contribution is 4.44. The summed E-state index contributed by atoms with van der Waals surface area (Å²) in [5, 5.41) is 3.36. The fraction of sp³-hybridized carbons (Fsp3) is 1.00. The van der Waals surface area contributed by atoms with Crippen molar-refractivity contribution >= 4 is 0 Å². The average Bonchev–Trinajstić information content (AvgIpc) is 2.60. The summed E-state index contributed by atoms with van der Waals surface area (Å²) in [5.74, 6) is 0. The van der Waals surface area contributed by atoms with Crippen LogP contribution in [0.25, 0.3) is 10.4 Å². The fourth-order valence-corrected chi connectivity index (χ4v) is 1.50. The molecule has 0 bridgehead atoms. The Hall–Kier alpha value is -0.930. The van der Waals surface area contributed by atoms with Crippen molar-refractivity contribution in [2.45, 2.75) is 13.3 Å². The third-order valence-electron chi connectivity index (χ3n) is 2.61. The molecule has 0 saturated heterocycles. The monoisotopic (exact) mass is 349 g/mol. The van der Waals surface area contributed by atoms with E-state index in [0.717, 1.165) is 13.0 Å². The number of azide groups is 1. The van der Waals surface area contributed by atoms with Crippen molar-refractivity contribution in [1.82, 2.24) is 0 Å². The van der Waals surface area contributed by atoms with Gasteiger partial charge < -0.3 is 28.4 Å². The van der Waals surface area contributed by atoms with Gasteiger partial charge in [-0.25, -0.2) is 0 Å². The maximum atomic E-state index is 8.06. The van der Waals surface area contributed by atoms with E-state index in [1.54, 1.807) is 0 Å². The Bertz CT molecular complexity index is 290. The fourth-order valence-electron chi connectivity index (χ4n) is 1.50. The van der Waals surface area contributed by atoms with Gasteiger partial charge in [0.1, 0.15) is 0 Å². The molecule has 9 heteroatoms. The van der Waals surface area contributed by atoms with Crippen LogP contribution in [0.3, 0.4) is 0 Å². The van der Waals surface area contributed by atoms with Gasteiger partial charge in [0.15, 0.2) is 0 Å². The second-order valence-corrected chi connectivity index (χ2v) is 4.63. The standard InChI is InChI=1S/C15H31N3O6/c1-2-4-19-6-8-21-10-12-23-14-15-24-13-11-22-9-7-20-5-3-17-18-16/h2-15H2,1H3. The molecule has 24 heavy (non-hydrogen) atoms. The van der Waals surface area contributed by atoms with Crippen LogP contribution in [0, 0.1) is 0 Å². The lowest BCUT2D eigenvalue weighted by molar-refractivity contribution is -0.0163. The molecule has 0 heterocycles. The Morgan fingerprint density at radius 2 is 0.917 bits per heavy atom. The summed E-state index contributed by atoms with van der Waals surface area (Å²) in [6, 6.07) is 0. The van der Waals surface area contributed by atoms with Crippen molar-refractivity contribution < 1.29 is 28.4 Å². The van der Waals surface area contributed by atoms with E-state index < -0.39 is 0 Å². The first-order valence-corrected chi connectivity index (χ1v) is 8.39. The third-order valence-corrected chi connectivity index (χ3v) is 2.61. The van der Waals surface area contributed by atoms with Crippen molar-refractivity contribution in [1.29, 1.82) is 0 Å². The van der Waals surface area contributed by atoms with Crippen LogP contribution in [0.2, 0.25) is 0 Å². The molecule has 9 nitrogen and oxygen atoms in total. The number of rotatable bonds is 20. The average molecular weight is 349 g/mol. The highest BCUT2D eigenvalue weighted by atomic mass is 16.6. The molecule has 0 aliphatic heterocycles. The highest BCUT2D eigenvalue weighted by Gasteiger charge is 1.93. The Balaban J connectivity index is 2.96. The Morgan fingerprint density at radius 3 is 1.25 bits per heavy atom. The molecular formula is C15H31N3O6. The second kappa shape index (κ2) is 22.1. The molecule has 0 saturated carbocycles. The first-order chi connectivity index (χ1) is 11.9. The number of hydrogen-bond acceptors (Lipinski definition) is 7. The molecule has 0 aromatic rings. The first kappa shape index (κ1) is 23.1. The quantitative estimate of drug-likeness (QED) is 0.144. The van der Waals surface area contributed by atoms with E-state index in [1.165, 1.54) is 0 Å². The SMILES string of the molecule is CCCOCCOCCOCCOCCOCCOCCN=[N+]=[N-]. The topological polar surface area (TPSA) is 104 Å². The van der Waals surface area contributed by atoms with Gasteiger partial charge in [-0.05, 0) is 12.0 Å². The zero-order chi connectivity index (χ0) is 17.6. The summed E-state index contributed by atoms with van der Waals surface area (Å²) in [4.78, 5) is 2.63. The van der Waals surface area contributed by atoms with Crippen molar-refractivity contribution in [3.05, 3.63) is 10.4 Å². The lowest BCUT2D eigenvalue weighted by Crippen LogP contribution is -2.14. The zero-order valence-electron chi connectivity index (χ0n) is 14.7. The van der Waals surface area contributed by atoms with Crippen molar-refractivity contribution in [2.75, 3.05) is 85.8 Å². The summed E-state index contributed by atoms with van der Waals surface area (Å²) < 4.78 is 31.9. The molecule has 0 aromatic heterocycles. The molecule has 0 spiro atoms. The second-order valence-electron chi connectivity index (χ2n) is 4.63. The summed E-state index contributed by atoms with van der Waals surface area (Å²) in [5.41, 5.74) is 8.06. The lowest BCUT2D eigenvalue weighted by atomic mass is 10.5. The van der Waals surface area contributed by atoms with E-state index in [0.29, 0.717) is 79.2 Å². The van der Waals surface area contributed by atoms with Crippen LogP contribution in [0.4, 0.5) is 0 Å². The smallest absolute Gasteiger partial charge is 0.0701 e. The Morgan fingerprint density at radius 1 is 0.583 bits per heavy atom. The molecule has 0 atom stereocenters. The van der Waals surface area contributed by atoms with Gasteiger partial charge in [-0.1, -0.05) is 12.0 Å². The van der Waals surface area contributed by atoms with Gasteiger partial charge in [0.05, 0.1) is 72.7 Å². The van der Waals surface area contributed by atoms with E-state index in [4.69, 9.17) is 34.0 Å². The predicted molar refractivity (Wildman–Crippen MR) is 89.2 cm³/mol. The molecule has 142 valence electrons. The summed E-state index contributed by atoms with van der Waals surface area (Å²) in [7, 11) is 0. The zero-order valence-corrected chi connectivity index (χ0v) is 14.7. The minimum Gasteiger partial charge on any atom is -0.379 e. The molecule has 0 aliphatic rings. The van der Waals surface area contributed by atoms with Crippen molar-refractivity contribution in [3.8, 4) is 0 Å². The van der Waals surface area contributed by atoms with Crippen LogP contribution < -0.4 is 0 Å². The maximum Gasteiger partial charge on any atom is 0.0701 e. The first-order valence-electron chi connectivity index (χ1n) is 8.39. The van der Waals surface area contributed by atoms with Crippen LogP contribution in [0.1, 0.15) is 13.3 Å². The van der Waals surface area contributed by atoms with Crippen molar-refractivity contribution in [2.24, 2.45) is 5.11 Å². The molecule has 0 unspecified atom stereocenters. The van der Waals surface area contributed by atoms with Gasteiger partial charge in [-0.2, -0.15) is 0 Å². The van der Waals surface area contributed by atoms with Gasteiger partial charge in [0.25, 0.3) is 0 Å². The minimum absolute atomic E-state index is 0.345. The molecule has 0 rings (SSSR count). The van der Waals surface area contributed by atoms with Crippen LogP contribution in [0.5, 0.6) is 0 Å². The van der Waals surface area contributed by atoms with Crippen LogP contribution in [-0.4, -0.2) is 85.8 Å². The van der Waals surface area contributed by atoms with E-state index in [-0.39, 0.29) is 0 Å². The number of hydrogen-bond donors (Lipinski definition) is 0. The van der Waals surface area contributed by atoms with Crippen LogP contribution >= 0.6 is 0 Å². The molecule has 0 radical (unpaired) electrons. The van der Waals surface area contributed by atoms with Gasteiger partial charge in [0, 0.05) is 18.1 Å². The molecular weight excluding hydrogens is 318 g/mol. The Labute approximate surface area is 144 Å².